The highest BCUT2D eigenvalue weighted by atomic mass is 32.2. The summed E-state index contributed by atoms with van der Waals surface area (Å²) in [6.45, 7) is 2.08. The smallest absolute Gasteiger partial charge is 0.237 e. The van der Waals surface area contributed by atoms with E-state index < -0.39 is 0 Å². The van der Waals surface area contributed by atoms with E-state index in [0.29, 0.717) is 6.42 Å². The summed E-state index contributed by atoms with van der Waals surface area (Å²) in [4.78, 5) is 15.0. The van der Waals surface area contributed by atoms with Crippen LogP contribution in [0.25, 0.3) is 0 Å². The van der Waals surface area contributed by atoms with Crippen LogP contribution in [0, 0.1) is 6.92 Å². The minimum Gasteiger partial charge on any atom is -0.285 e. The lowest BCUT2D eigenvalue weighted by Gasteiger charge is -2.20. The van der Waals surface area contributed by atoms with Crippen molar-refractivity contribution in [1.29, 1.82) is 0 Å². The number of likely N-dealkylation sites (N-methyl/N-ethyl adjacent to an activating group) is 1. The molecule has 1 aliphatic heterocycles. The summed E-state index contributed by atoms with van der Waals surface area (Å²) >= 11 is 3.26. The van der Waals surface area contributed by atoms with E-state index in [1.165, 1.54) is 26.6 Å². The largest absolute Gasteiger partial charge is 0.285 e. The molecule has 0 atom stereocenters. The van der Waals surface area contributed by atoms with Crippen LogP contribution in [0.3, 0.4) is 0 Å². The first-order valence-corrected chi connectivity index (χ1v) is 5.29. The second kappa shape index (κ2) is 2.78. The van der Waals surface area contributed by atoms with Gasteiger partial charge >= 0.3 is 0 Å². The monoisotopic (exact) mass is 199 g/mol. The number of hydrogen-bond acceptors (Lipinski definition) is 3. The van der Waals surface area contributed by atoms with Crippen molar-refractivity contribution >= 4 is 29.2 Å². The predicted molar refractivity (Wildman–Crippen MR) is 51.4 cm³/mol. The quantitative estimate of drug-likeness (QED) is 0.596. The third-order valence-electron chi connectivity index (χ3n) is 1.79. The van der Waals surface area contributed by atoms with Crippen molar-refractivity contribution in [2.24, 2.45) is 0 Å². The zero-order chi connectivity index (χ0) is 8.72. The summed E-state index contributed by atoms with van der Waals surface area (Å²) in [6, 6.07) is 2.15. The Morgan fingerprint density at radius 2 is 2.33 bits per heavy atom. The van der Waals surface area contributed by atoms with E-state index in [2.05, 4.69) is 13.0 Å². The predicted octanol–water partition coefficient (Wildman–Crippen LogP) is 2.08. The Morgan fingerprint density at radius 3 is 3.08 bits per heavy atom. The Balaban J connectivity index is 2.39. The third kappa shape index (κ3) is 1.25. The molecule has 1 aliphatic rings. The van der Waals surface area contributed by atoms with Crippen LogP contribution in [0.5, 0.6) is 0 Å². The second-order valence-corrected chi connectivity index (χ2v) is 5.31. The molecule has 1 aromatic heterocycles. The van der Waals surface area contributed by atoms with Gasteiger partial charge in [-0.1, -0.05) is 0 Å². The summed E-state index contributed by atoms with van der Waals surface area (Å²) in [5.74, 6) is 0.203. The first-order valence-electron chi connectivity index (χ1n) is 3.70. The van der Waals surface area contributed by atoms with Crippen LogP contribution < -0.4 is 0 Å². The SMILES string of the molecule is Cc1cc2c(s1)CC(=O)N(C)S2. The van der Waals surface area contributed by atoms with Crippen LogP contribution in [0.2, 0.25) is 0 Å². The van der Waals surface area contributed by atoms with Crippen LogP contribution in [0.1, 0.15) is 9.75 Å². The van der Waals surface area contributed by atoms with Crippen LogP contribution in [-0.2, 0) is 11.2 Å². The molecule has 0 unspecified atom stereocenters. The molecule has 4 heteroatoms. The van der Waals surface area contributed by atoms with E-state index >= 15 is 0 Å². The van der Waals surface area contributed by atoms with E-state index in [4.69, 9.17) is 0 Å². The van der Waals surface area contributed by atoms with Gasteiger partial charge in [-0.2, -0.15) is 0 Å². The Bertz CT molecular complexity index is 332. The summed E-state index contributed by atoms with van der Waals surface area (Å²) in [5, 5.41) is 0. The highest BCUT2D eigenvalue weighted by Gasteiger charge is 2.22. The molecule has 0 N–H and O–H groups in total. The lowest BCUT2D eigenvalue weighted by Crippen LogP contribution is -2.24. The van der Waals surface area contributed by atoms with E-state index in [1.54, 1.807) is 15.6 Å². The first kappa shape index (κ1) is 8.13. The van der Waals surface area contributed by atoms with Gasteiger partial charge in [0.25, 0.3) is 0 Å². The van der Waals surface area contributed by atoms with E-state index in [1.807, 2.05) is 7.05 Å². The number of carbonyl (C=O) groups is 1. The minimum atomic E-state index is 0.203. The second-order valence-electron chi connectivity index (χ2n) is 2.80. The molecular weight excluding hydrogens is 190 g/mol. The number of hydrogen-bond donors (Lipinski definition) is 0. The first-order chi connectivity index (χ1) is 5.66. The summed E-state index contributed by atoms with van der Waals surface area (Å²) in [7, 11) is 1.82. The van der Waals surface area contributed by atoms with Gasteiger partial charge in [0.1, 0.15) is 0 Å². The topological polar surface area (TPSA) is 20.3 Å². The summed E-state index contributed by atoms with van der Waals surface area (Å²) < 4.78 is 1.70. The maximum Gasteiger partial charge on any atom is 0.237 e. The molecule has 0 spiro atoms. The molecule has 12 heavy (non-hydrogen) atoms. The maximum atomic E-state index is 11.3. The molecule has 0 bridgehead atoms. The number of rotatable bonds is 0. The van der Waals surface area contributed by atoms with Gasteiger partial charge in [-0.15, -0.1) is 11.3 Å². The number of thiophene rings is 1. The highest BCUT2D eigenvalue weighted by molar-refractivity contribution is 7.97. The van der Waals surface area contributed by atoms with Crippen LogP contribution in [-0.4, -0.2) is 17.3 Å². The Hall–Kier alpha value is -0.480. The molecule has 0 saturated heterocycles. The molecule has 0 radical (unpaired) electrons. The van der Waals surface area contributed by atoms with Gasteiger partial charge in [0.05, 0.1) is 6.42 Å². The molecule has 0 fully saturated rings. The standard InChI is InChI=1S/C8H9NOS2/c1-5-3-7-6(11-5)4-8(10)9(2)12-7/h3H,4H2,1-2H3. The molecule has 2 heterocycles. The van der Waals surface area contributed by atoms with Crippen LogP contribution >= 0.6 is 23.3 Å². The lowest BCUT2D eigenvalue weighted by atomic mass is 10.3. The number of nitrogens with zero attached hydrogens (tertiary/aromatic N) is 1. The van der Waals surface area contributed by atoms with Crippen molar-refractivity contribution in [3.05, 3.63) is 15.8 Å². The normalized spacial score (nSPS) is 16.5. The fourth-order valence-electron chi connectivity index (χ4n) is 1.19. The van der Waals surface area contributed by atoms with E-state index in [0.717, 1.165) is 0 Å². The Kier molecular flexibility index (Phi) is 1.88. The number of carbonyl (C=O) groups excluding carboxylic acids is 1. The molecule has 0 aliphatic carbocycles. The van der Waals surface area contributed by atoms with E-state index in [-0.39, 0.29) is 5.91 Å². The summed E-state index contributed by atoms with van der Waals surface area (Å²) in [5.41, 5.74) is 0. The molecule has 2 rings (SSSR count). The molecule has 64 valence electrons. The molecule has 1 amide bonds. The van der Waals surface area contributed by atoms with Crippen molar-refractivity contribution in [3.63, 3.8) is 0 Å². The average Bonchev–Trinajstić information content (AvgIpc) is 2.30. The fourth-order valence-corrected chi connectivity index (χ4v) is 3.28. The minimum absolute atomic E-state index is 0.203. The average molecular weight is 199 g/mol. The van der Waals surface area contributed by atoms with Crippen molar-refractivity contribution in [2.45, 2.75) is 18.2 Å². The van der Waals surface area contributed by atoms with Gasteiger partial charge in [0.15, 0.2) is 0 Å². The van der Waals surface area contributed by atoms with Crippen molar-refractivity contribution in [2.75, 3.05) is 7.05 Å². The van der Waals surface area contributed by atoms with Crippen LogP contribution in [0.15, 0.2) is 11.0 Å². The highest BCUT2D eigenvalue weighted by Crippen LogP contribution is 2.36. The zero-order valence-corrected chi connectivity index (χ0v) is 8.59. The molecular formula is C8H9NOS2. The Labute approximate surface area is 79.7 Å². The number of fused-ring (bicyclic) bond motifs is 1. The molecule has 2 nitrogen and oxygen atoms in total. The number of aryl methyl sites for hydroxylation is 1. The van der Waals surface area contributed by atoms with Gasteiger partial charge in [0.2, 0.25) is 5.91 Å². The third-order valence-corrected chi connectivity index (χ3v) is 4.01. The van der Waals surface area contributed by atoms with E-state index in [9.17, 15) is 4.79 Å². The fraction of sp³-hybridized carbons (Fsp3) is 0.375. The van der Waals surface area contributed by atoms with Gasteiger partial charge in [-0.3, -0.25) is 9.10 Å². The maximum absolute atomic E-state index is 11.3. The van der Waals surface area contributed by atoms with Crippen molar-refractivity contribution in [1.82, 2.24) is 4.31 Å². The van der Waals surface area contributed by atoms with Crippen molar-refractivity contribution < 1.29 is 4.79 Å². The lowest BCUT2D eigenvalue weighted by molar-refractivity contribution is -0.124. The molecule has 0 aromatic carbocycles. The van der Waals surface area contributed by atoms with Gasteiger partial charge < -0.3 is 0 Å². The Morgan fingerprint density at radius 1 is 1.58 bits per heavy atom. The van der Waals surface area contributed by atoms with Crippen LogP contribution in [0.4, 0.5) is 0 Å². The van der Waals surface area contributed by atoms with Gasteiger partial charge in [-0.05, 0) is 24.9 Å². The molecule has 0 saturated carbocycles. The van der Waals surface area contributed by atoms with Crippen molar-refractivity contribution in [3.8, 4) is 0 Å². The van der Waals surface area contributed by atoms with Gasteiger partial charge in [-0.25, -0.2) is 0 Å². The zero-order valence-electron chi connectivity index (χ0n) is 6.96. The number of amides is 1. The van der Waals surface area contributed by atoms with Gasteiger partial charge in [0, 0.05) is 21.7 Å². The summed E-state index contributed by atoms with van der Waals surface area (Å²) in [6.07, 6.45) is 0.581. The molecule has 1 aromatic rings.